The molecule has 140 valence electrons. The number of hydrogen-bond donors (Lipinski definition) is 3. The monoisotopic (exact) mass is 347 g/mol. The molecule has 1 heterocycles. The van der Waals surface area contributed by atoms with Crippen LogP contribution in [-0.2, 0) is 0 Å². The zero-order valence-electron chi connectivity index (χ0n) is 15.9. The Morgan fingerprint density at radius 3 is 2.52 bits per heavy atom. The number of nitrogens with one attached hydrogen (secondary N) is 2. The number of nitrogens with zero attached hydrogens (tertiary/aromatic N) is 1. The molecule has 3 N–H and O–H groups in total. The zero-order chi connectivity index (χ0) is 18.5. The Balaban J connectivity index is 2.43. The van der Waals surface area contributed by atoms with Crippen molar-refractivity contribution in [3.05, 3.63) is 35.2 Å². The topological polar surface area (TPSA) is 74.2 Å². The average Bonchev–Trinajstić information content (AvgIpc) is 2.63. The van der Waals surface area contributed by atoms with E-state index < -0.39 is 5.91 Å². The number of pyridine rings is 1. The summed E-state index contributed by atoms with van der Waals surface area (Å²) >= 11 is 0. The fourth-order valence-corrected chi connectivity index (χ4v) is 2.83. The molecule has 1 amide bonds. The molecular weight excluding hydrogens is 314 g/mol. The number of aromatic nitrogens is 1. The second-order valence-corrected chi connectivity index (χ2v) is 6.44. The van der Waals surface area contributed by atoms with E-state index in [0.717, 1.165) is 29.8 Å². The predicted octanol–water partition coefficient (Wildman–Crippen LogP) is 4.25. The molecule has 1 aromatic rings. The summed E-state index contributed by atoms with van der Waals surface area (Å²) in [6, 6.07) is 1.73. The summed E-state index contributed by atoms with van der Waals surface area (Å²) in [6.45, 7) is 7.97. The molecule has 0 saturated carbocycles. The second-order valence-electron chi connectivity index (χ2n) is 6.44. The maximum atomic E-state index is 11.6. The Morgan fingerprint density at radius 1 is 1.20 bits per heavy atom. The summed E-state index contributed by atoms with van der Waals surface area (Å²) in [6.07, 6.45) is 12.9. The van der Waals surface area contributed by atoms with Gasteiger partial charge in [0, 0.05) is 12.7 Å². The first-order chi connectivity index (χ1) is 12.1. The fraction of sp³-hybridized carbons (Fsp3) is 0.600. The van der Waals surface area contributed by atoms with E-state index in [9.17, 15) is 4.79 Å². The summed E-state index contributed by atoms with van der Waals surface area (Å²) in [5, 5.41) is 12.3. The lowest BCUT2D eigenvalue weighted by molar-refractivity contribution is 0.0700. The van der Waals surface area contributed by atoms with Gasteiger partial charge in [-0.2, -0.15) is 0 Å². The first kappa shape index (κ1) is 21.3. The van der Waals surface area contributed by atoms with Crippen molar-refractivity contribution in [1.82, 2.24) is 15.8 Å². The lowest BCUT2D eigenvalue weighted by Gasteiger charge is -2.13. The summed E-state index contributed by atoms with van der Waals surface area (Å²) in [7, 11) is 0. The minimum absolute atomic E-state index is 0.217. The highest BCUT2D eigenvalue weighted by atomic mass is 16.5. The van der Waals surface area contributed by atoms with Crippen LogP contribution in [0.3, 0.4) is 0 Å². The van der Waals surface area contributed by atoms with Gasteiger partial charge in [0.25, 0.3) is 5.91 Å². The molecule has 0 aliphatic rings. The van der Waals surface area contributed by atoms with Crippen LogP contribution in [0.15, 0.2) is 18.3 Å². The molecule has 5 nitrogen and oxygen atoms in total. The average molecular weight is 348 g/mol. The first-order valence-corrected chi connectivity index (χ1v) is 9.41. The molecule has 0 atom stereocenters. The van der Waals surface area contributed by atoms with E-state index in [1.807, 2.05) is 13.8 Å². The molecule has 0 aliphatic carbocycles. The summed E-state index contributed by atoms with van der Waals surface area (Å²) in [5.74, 6) is -0.590. The lowest BCUT2D eigenvalue weighted by atomic mass is 10.0. The van der Waals surface area contributed by atoms with Crippen molar-refractivity contribution in [3.63, 3.8) is 0 Å². The highest BCUT2D eigenvalue weighted by Crippen LogP contribution is 2.19. The van der Waals surface area contributed by atoms with E-state index in [2.05, 4.69) is 23.3 Å². The smallest absolute Gasteiger partial charge is 0.293 e. The van der Waals surface area contributed by atoms with E-state index in [1.165, 1.54) is 44.9 Å². The van der Waals surface area contributed by atoms with Gasteiger partial charge in [0.05, 0.1) is 0 Å². The molecular formula is C20H33N3O2. The van der Waals surface area contributed by atoms with E-state index in [4.69, 9.17) is 5.21 Å². The van der Waals surface area contributed by atoms with Gasteiger partial charge in [0.15, 0.2) is 0 Å². The number of rotatable bonds is 12. The maximum Gasteiger partial charge on any atom is 0.293 e. The van der Waals surface area contributed by atoms with Crippen molar-refractivity contribution in [1.29, 1.82) is 0 Å². The van der Waals surface area contributed by atoms with Crippen molar-refractivity contribution >= 4 is 11.5 Å². The van der Waals surface area contributed by atoms with Gasteiger partial charge in [0.2, 0.25) is 0 Å². The van der Waals surface area contributed by atoms with Crippen LogP contribution >= 0.6 is 0 Å². The van der Waals surface area contributed by atoms with Gasteiger partial charge in [-0.25, -0.2) is 5.48 Å². The number of unbranched alkanes of at least 4 members (excludes halogenated alkanes) is 6. The third-order valence-corrected chi connectivity index (χ3v) is 4.40. The van der Waals surface area contributed by atoms with Gasteiger partial charge in [-0.05, 0) is 49.6 Å². The van der Waals surface area contributed by atoms with Crippen LogP contribution in [0.25, 0.3) is 5.57 Å². The number of allylic oxidation sites excluding steroid dienone is 1. The Morgan fingerprint density at radius 2 is 1.88 bits per heavy atom. The third-order valence-electron chi connectivity index (χ3n) is 4.40. The molecule has 0 fully saturated rings. The molecule has 0 radical (unpaired) electrons. The minimum atomic E-state index is -0.590. The third kappa shape index (κ3) is 7.80. The molecule has 0 aromatic carbocycles. The summed E-state index contributed by atoms with van der Waals surface area (Å²) in [5.41, 5.74) is 4.99. The fourth-order valence-electron chi connectivity index (χ4n) is 2.83. The quantitative estimate of drug-likeness (QED) is 0.300. The Bertz CT molecular complexity index is 556. The maximum absolute atomic E-state index is 11.6. The van der Waals surface area contributed by atoms with E-state index >= 15 is 0 Å². The number of aryl methyl sites for hydroxylation is 1. The minimum Gasteiger partial charge on any atom is -0.313 e. The first-order valence-electron chi connectivity index (χ1n) is 9.41. The number of hydroxylamine groups is 1. The number of amides is 1. The van der Waals surface area contributed by atoms with Crippen molar-refractivity contribution in [2.45, 2.75) is 65.7 Å². The van der Waals surface area contributed by atoms with Gasteiger partial charge in [-0.3, -0.25) is 15.0 Å². The van der Waals surface area contributed by atoms with Gasteiger partial charge in [0.1, 0.15) is 5.69 Å². The van der Waals surface area contributed by atoms with Crippen molar-refractivity contribution in [2.75, 3.05) is 13.1 Å². The number of carbonyl (C=O) groups is 1. The molecule has 25 heavy (non-hydrogen) atoms. The standard InChI is InChI=1S/C20H33N3O2/c1-4-6-7-8-9-10-11-12-21-15-17(5-2)18-13-19(20(24)23-25)22-14-16(18)3/h5,13-14,21,25H,4,6-12,15H2,1-3H3,(H,23,24)/b17-5-. The number of hydrogen-bond acceptors (Lipinski definition) is 4. The highest BCUT2D eigenvalue weighted by molar-refractivity contribution is 5.92. The van der Waals surface area contributed by atoms with Gasteiger partial charge < -0.3 is 5.32 Å². The molecule has 0 aliphatic heterocycles. The molecule has 5 heteroatoms. The van der Waals surface area contributed by atoms with Gasteiger partial charge in [-0.15, -0.1) is 0 Å². The summed E-state index contributed by atoms with van der Waals surface area (Å²) in [4.78, 5) is 15.6. The lowest BCUT2D eigenvalue weighted by Crippen LogP contribution is -2.21. The second kappa shape index (κ2) is 12.6. The Labute approximate surface area is 151 Å². The Hall–Kier alpha value is -1.72. The van der Waals surface area contributed by atoms with Crippen molar-refractivity contribution in [2.24, 2.45) is 0 Å². The molecule has 1 rings (SSSR count). The summed E-state index contributed by atoms with van der Waals surface area (Å²) < 4.78 is 0. The van der Waals surface area contributed by atoms with Crippen molar-refractivity contribution in [3.8, 4) is 0 Å². The number of carbonyl (C=O) groups excluding carboxylic acids is 1. The molecule has 1 aromatic heterocycles. The van der Waals surface area contributed by atoms with Crippen molar-refractivity contribution < 1.29 is 10.0 Å². The Kier molecular flexibility index (Phi) is 10.8. The molecule has 0 spiro atoms. The SMILES string of the molecule is C/C=C(/CNCCCCCCCCC)c1cc(C(=O)NO)ncc1C. The molecule has 0 bridgehead atoms. The van der Waals surface area contributed by atoms with E-state index in [1.54, 1.807) is 17.7 Å². The highest BCUT2D eigenvalue weighted by Gasteiger charge is 2.11. The predicted molar refractivity (Wildman–Crippen MR) is 103 cm³/mol. The molecule has 0 saturated heterocycles. The van der Waals surface area contributed by atoms with Crippen LogP contribution in [0, 0.1) is 6.92 Å². The van der Waals surface area contributed by atoms with Gasteiger partial charge >= 0.3 is 0 Å². The van der Waals surface area contributed by atoms with Crippen LogP contribution in [-0.4, -0.2) is 29.2 Å². The van der Waals surface area contributed by atoms with E-state index in [-0.39, 0.29) is 5.69 Å². The van der Waals surface area contributed by atoms with Crippen LogP contribution in [0.5, 0.6) is 0 Å². The van der Waals surface area contributed by atoms with E-state index in [0.29, 0.717) is 0 Å². The van der Waals surface area contributed by atoms with Crippen LogP contribution in [0.4, 0.5) is 0 Å². The van der Waals surface area contributed by atoms with Crippen LogP contribution < -0.4 is 10.8 Å². The molecule has 0 unspecified atom stereocenters. The van der Waals surface area contributed by atoms with Crippen LogP contribution in [0.2, 0.25) is 0 Å². The largest absolute Gasteiger partial charge is 0.313 e. The zero-order valence-corrected chi connectivity index (χ0v) is 15.9. The van der Waals surface area contributed by atoms with Crippen LogP contribution in [0.1, 0.15) is 80.4 Å². The van der Waals surface area contributed by atoms with Gasteiger partial charge in [-0.1, -0.05) is 51.5 Å². The normalized spacial score (nSPS) is 11.6.